The number of aryl methyl sites for hydroxylation is 1. The number of nitrogen functional groups attached to an aromatic ring is 1. The average Bonchev–Trinajstić information content (AvgIpc) is 2.83. The maximum atomic E-state index is 12.7. The van der Waals surface area contributed by atoms with Crippen LogP contribution in [0.25, 0.3) is 0 Å². The number of thiazole rings is 1. The molecule has 1 aromatic heterocycles. The molecule has 0 spiro atoms. The molecule has 0 saturated heterocycles. The van der Waals surface area contributed by atoms with Gasteiger partial charge in [-0.25, -0.2) is 4.98 Å². The maximum Gasteiger partial charge on any atom is 0.401 e. The number of aromatic nitrogens is 1. The van der Waals surface area contributed by atoms with Crippen molar-refractivity contribution in [2.24, 2.45) is 0 Å². The topological polar surface area (TPSA) is 71.2 Å². The number of nitrogens with two attached hydrogens (primary N) is 1. The molecule has 0 bridgehead atoms. The zero-order chi connectivity index (χ0) is 16.7. The molecule has 1 aliphatic rings. The Morgan fingerprint density at radius 1 is 1.39 bits per heavy atom. The van der Waals surface area contributed by atoms with Gasteiger partial charge in [0.25, 0.3) is 0 Å². The average molecular weight is 343 g/mol. The van der Waals surface area contributed by atoms with E-state index in [0.717, 1.165) is 10.6 Å². The van der Waals surface area contributed by atoms with Crippen molar-refractivity contribution >= 4 is 16.5 Å². The van der Waals surface area contributed by atoms with Gasteiger partial charge in [-0.2, -0.15) is 13.2 Å². The van der Waals surface area contributed by atoms with Crippen LogP contribution in [0, 0.1) is 0 Å². The predicted octanol–water partition coefficient (Wildman–Crippen LogP) is 2.97. The Hall–Kier alpha value is -1.80. The Morgan fingerprint density at radius 2 is 2.17 bits per heavy atom. The van der Waals surface area contributed by atoms with Crippen LogP contribution in [0.5, 0.6) is 5.75 Å². The molecule has 0 amide bonds. The summed E-state index contributed by atoms with van der Waals surface area (Å²) < 4.78 is 38.2. The minimum Gasteiger partial charge on any atom is -0.508 e. The first kappa shape index (κ1) is 16.1. The van der Waals surface area contributed by atoms with E-state index in [9.17, 15) is 18.3 Å². The van der Waals surface area contributed by atoms with Gasteiger partial charge in [0.05, 0.1) is 12.2 Å². The molecule has 1 aliphatic carbocycles. The fourth-order valence-electron chi connectivity index (χ4n) is 3.00. The largest absolute Gasteiger partial charge is 0.508 e. The highest BCUT2D eigenvalue weighted by Gasteiger charge is 2.40. The zero-order valence-electron chi connectivity index (χ0n) is 12.2. The molecule has 4 N–H and O–H groups in total. The molecule has 1 atom stereocenters. The van der Waals surface area contributed by atoms with E-state index in [-0.39, 0.29) is 5.75 Å². The first-order valence-corrected chi connectivity index (χ1v) is 7.94. The second-order valence-corrected chi connectivity index (χ2v) is 6.82. The normalized spacial score (nSPS) is 21.2. The summed E-state index contributed by atoms with van der Waals surface area (Å²) in [4.78, 5) is 5.13. The van der Waals surface area contributed by atoms with Crippen LogP contribution in [-0.2, 0) is 18.4 Å². The zero-order valence-corrected chi connectivity index (χ0v) is 13.0. The fourth-order valence-corrected chi connectivity index (χ4v) is 4.00. The summed E-state index contributed by atoms with van der Waals surface area (Å²) in [5.41, 5.74) is 6.33. The van der Waals surface area contributed by atoms with Gasteiger partial charge in [-0.1, -0.05) is 12.1 Å². The summed E-state index contributed by atoms with van der Waals surface area (Å²) in [5, 5.41) is 12.8. The lowest BCUT2D eigenvalue weighted by Crippen LogP contribution is -2.49. The number of alkyl halides is 3. The van der Waals surface area contributed by atoms with Crippen LogP contribution in [0.3, 0.4) is 0 Å². The van der Waals surface area contributed by atoms with Crippen molar-refractivity contribution in [1.29, 1.82) is 0 Å². The highest BCUT2D eigenvalue weighted by Crippen LogP contribution is 2.40. The Labute approximate surface area is 135 Å². The van der Waals surface area contributed by atoms with Crippen LogP contribution in [0.1, 0.15) is 22.6 Å². The Kier molecular flexibility index (Phi) is 3.97. The number of phenols is 1. The number of fused-ring (bicyclic) bond motifs is 1. The van der Waals surface area contributed by atoms with Crippen molar-refractivity contribution in [3.05, 3.63) is 40.4 Å². The summed E-state index contributed by atoms with van der Waals surface area (Å²) in [6.07, 6.45) is -2.93. The SMILES string of the molecule is Nc1nc2c(s1)CC(NCC(F)(F)F)(c1cccc(O)c1)CC2. The first-order chi connectivity index (χ1) is 10.8. The number of nitrogens with zero attached hydrogens (tertiary/aromatic N) is 1. The van der Waals surface area contributed by atoms with Crippen LogP contribution < -0.4 is 11.1 Å². The van der Waals surface area contributed by atoms with E-state index in [0.29, 0.717) is 30.0 Å². The predicted molar refractivity (Wildman–Crippen MR) is 82.4 cm³/mol. The van der Waals surface area contributed by atoms with Gasteiger partial charge in [0, 0.05) is 16.8 Å². The third-order valence-electron chi connectivity index (χ3n) is 4.07. The quantitative estimate of drug-likeness (QED) is 0.801. The number of halogens is 3. The molecule has 8 heteroatoms. The van der Waals surface area contributed by atoms with Crippen LogP contribution in [-0.4, -0.2) is 22.8 Å². The maximum absolute atomic E-state index is 12.7. The van der Waals surface area contributed by atoms with Crippen LogP contribution in [0.4, 0.5) is 18.3 Å². The summed E-state index contributed by atoms with van der Waals surface area (Å²) in [6.45, 7) is -1.09. The molecule has 4 nitrogen and oxygen atoms in total. The van der Waals surface area contributed by atoms with E-state index < -0.39 is 18.3 Å². The van der Waals surface area contributed by atoms with Gasteiger partial charge >= 0.3 is 6.18 Å². The molecule has 0 aliphatic heterocycles. The number of phenolic OH excluding ortho intramolecular Hbond substituents is 1. The molecule has 0 radical (unpaired) electrons. The third kappa shape index (κ3) is 3.42. The minimum absolute atomic E-state index is 0.0327. The lowest BCUT2D eigenvalue weighted by atomic mass is 9.77. The van der Waals surface area contributed by atoms with Gasteiger partial charge < -0.3 is 10.8 Å². The Bertz CT molecular complexity index is 716. The summed E-state index contributed by atoms with van der Waals surface area (Å²) in [5.74, 6) is 0.0327. The monoisotopic (exact) mass is 343 g/mol. The third-order valence-corrected chi connectivity index (χ3v) is 5.00. The van der Waals surface area contributed by atoms with Crippen molar-refractivity contribution in [3.63, 3.8) is 0 Å². The van der Waals surface area contributed by atoms with E-state index in [2.05, 4.69) is 10.3 Å². The van der Waals surface area contributed by atoms with Gasteiger partial charge in [-0.05, 0) is 30.5 Å². The van der Waals surface area contributed by atoms with E-state index in [1.807, 2.05) is 0 Å². The minimum atomic E-state index is -4.31. The highest BCUT2D eigenvalue weighted by atomic mass is 32.1. The Balaban J connectivity index is 1.98. The second-order valence-electron chi connectivity index (χ2n) is 5.70. The van der Waals surface area contributed by atoms with E-state index in [1.165, 1.54) is 23.5 Å². The fraction of sp³-hybridized carbons (Fsp3) is 0.400. The summed E-state index contributed by atoms with van der Waals surface area (Å²) in [7, 11) is 0. The van der Waals surface area contributed by atoms with Gasteiger partial charge in [-0.3, -0.25) is 5.32 Å². The van der Waals surface area contributed by atoms with E-state index in [4.69, 9.17) is 5.73 Å². The highest BCUT2D eigenvalue weighted by molar-refractivity contribution is 7.15. The molecule has 1 heterocycles. The number of hydrogen-bond acceptors (Lipinski definition) is 5. The second kappa shape index (κ2) is 5.68. The van der Waals surface area contributed by atoms with Crippen molar-refractivity contribution in [2.75, 3.05) is 12.3 Å². The molecule has 1 aromatic carbocycles. The van der Waals surface area contributed by atoms with Gasteiger partial charge in [-0.15, -0.1) is 11.3 Å². The van der Waals surface area contributed by atoms with E-state index >= 15 is 0 Å². The lowest BCUT2D eigenvalue weighted by Gasteiger charge is -2.38. The van der Waals surface area contributed by atoms with Crippen molar-refractivity contribution in [3.8, 4) is 5.75 Å². The van der Waals surface area contributed by atoms with E-state index in [1.54, 1.807) is 12.1 Å². The van der Waals surface area contributed by atoms with Gasteiger partial charge in [0.2, 0.25) is 0 Å². The number of rotatable bonds is 3. The van der Waals surface area contributed by atoms with Gasteiger partial charge in [0.1, 0.15) is 5.75 Å². The number of nitrogens with one attached hydrogen (secondary N) is 1. The summed E-state index contributed by atoms with van der Waals surface area (Å²) >= 11 is 1.31. The molecular weight excluding hydrogens is 327 g/mol. The number of hydrogen-bond donors (Lipinski definition) is 3. The van der Waals surface area contributed by atoms with Crippen LogP contribution >= 0.6 is 11.3 Å². The number of anilines is 1. The van der Waals surface area contributed by atoms with Crippen LogP contribution in [0.2, 0.25) is 0 Å². The number of benzene rings is 1. The van der Waals surface area contributed by atoms with Crippen LogP contribution in [0.15, 0.2) is 24.3 Å². The smallest absolute Gasteiger partial charge is 0.401 e. The molecule has 0 saturated carbocycles. The molecule has 3 rings (SSSR count). The molecule has 1 unspecified atom stereocenters. The molecular formula is C15H16F3N3OS. The Morgan fingerprint density at radius 3 is 2.87 bits per heavy atom. The number of aromatic hydroxyl groups is 1. The van der Waals surface area contributed by atoms with Crippen molar-refractivity contribution in [2.45, 2.75) is 31.0 Å². The van der Waals surface area contributed by atoms with Crippen molar-refractivity contribution < 1.29 is 18.3 Å². The standard InChI is InChI=1S/C15H16F3N3OS/c16-15(17,18)8-20-14(9-2-1-3-10(22)6-9)5-4-11-12(7-14)23-13(19)21-11/h1-3,6,20,22H,4-5,7-8H2,(H2,19,21). The lowest BCUT2D eigenvalue weighted by molar-refractivity contribution is -0.129. The van der Waals surface area contributed by atoms with Gasteiger partial charge in [0.15, 0.2) is 5.13 Å². The molecule has 23 heavy (non-hydrogen) atoms. The van der Waals surface area contributed by atoms with Crippen molar-refractivity contribution in [1.82, 2.24) is 10.3 Å². The molecule has 124 valence electrons. The first-order valence-electron chi connectivity index (χ1n) is 7.13. The molecule has 2 aromatic rings. The summed E-state index contributed by atoms with van der Waals surface area (Å²) in [6, 6.07) is 6.38. The molecule has 0 fully saturated rings.